The first kappa shape index (κ1) is 27.3. The predicted molar refractivity (Wildman–Crippen MR) is 112 cm³/mol. The van der Waals surface area contributed by atoms with Gasteiger partial charge in [0.05, 0.1) is 9.79 Å². The first-order valence-electron chi connectivity index (χ1n) is 8.87. The number of benzene rings is 3. The average Bonchev–Trinajstić information content (AvgIpc) is 2.68. The summed E-state index contributed by atoms with van der Waals surface area (Å²) in [6.07, 6.45) is 0. The number of hydrogen-bond acceptors (Lipinski definition) is 9. The second-order valence-electron chi connectivity index (χ2n) is 6.89. The Morgan fingerprint density at radius 1 is 0.727 bits per heavy atom. The van der Waals surface area contributed by atoms with E-state index in [1.165, 1.54) is 48.5 Å². The van der Waals surface area contributed by atoms with Gasteiger partial charge in [-0.15, -0.1) is 0 Å². The van der Waals surface area contributed by atoms with Crippen LogP contribution >= 0.6 is 0 Å². The Balaban J connectivity index is 0.00000385. The Hall–Kier alpha value is -1.93. The smallest absolute Gasteiger partial charge is 0.744 e. The van der Waals surface area contributed by atoms with Gasteiger partial charge in [0.2, 0.25) is 9.84 Å². The fraction of sp³-hybridized carbons (Fsp3) is 0.100. The molecule has 1 N–H and O–H groups in total. The van der Waals surface area contributed by atoms with E-state index in [2.05, 4.69) is 0 Å². The van der Waals surface area contributed by atoms with E-state index in [-0.39, 0.29) is 39.3 Å². The molecule has 0 aliphatic carbocycles. The molecule has 0 spiro atoms. The van der Waals surface area contributed by atoms with Crippen LogP contribution < -0.4 is 33.7 Å². The molecular formula is C20H17NaO9S3. The molecule has 0 radical (unpaired) electrons. The number of phenols is 1. The summed E-state index contributed by atoms with van der Waals surface area (Å²) >= 11 is 0. The van der Waals surface area contributed by atoms with Crippen molar-refractivity contribution in [2.24, 2.45) is 0 Å². The Morgan fingerprint density at radius 3 is 1.64 bits per heavy atom. The maximum Gasteiger partial charge on any atom is 1.00 e. The Bertz CT molecular complexity index is 1490. The Labute approximate surface area is 214 Å². The monoisotopic (exact) mass is 520 g/mol. The summed E-state index contributed by atoms with van der Waals surface area (Å²) in [6, 6.07) is 11.7. The predicted octanol–water partition coefficient (Wildman–Crippen LogP) is -0.482. The molecule has 3 aromatic rings. The van der Waals surface area contributed by atoms with Crippen molar-refractivity contribution in [3.63, 3.8) is 0 Å². The summed E-state index contributed by atoms with van der Waals surface area (Å²) in [5.74, 6) is -2.11. The van der Waals surface area contributed by atoms with Gasteiger partial charge >= 0.3 is 39.7 Å². The molecule has 0 aromatic heterocycles. The van der Waals surface area contributed by atoms with E-state index in [1.807, 2.05) is 0 Å². The fourth-order valence-corrected chi connectivity index (χ4v) is 5.66. The van der Waals surface area contributed by atoms with Crippen molar-refractivity contribution in [2.75, 3.05) is 0 Å². The van der Waals surface area contributed by atoms with Crippen LogP contribution in [0.5, 0.6) is 11.5 Å². The van der Waals surface area contributed by atoms with Gasteiger partial charge in [0.15, 0.2) is 5.75 Å². The molecular weight excluding hydrogens is 503 g/mol. The largest absolute Gasteiger partial charge is 1.00 e. The molecule has 0 saturated heterocycles. The molecule has 0 atom stereocenters. The molecule has 170 valence electrons. The van der Waals surface area contributed by atoms with Gasteiger partial charge in [-0.3, -0.25) is 0 Å². The van der Waals surface area contributed by atoms with Gasteiger partial charge in [-0.1, -0.05) is 35.4 Å². The van der Waals surface area contributed by atoms with Crippen LogP contribution in [0.4, 0.5) is 0 Å². The van der Waals surface area contributed by atoms with Crippen molar-refractivity contribution in [3.8, 4) is 11.5 Å². The van der Waals surface area contributed by atoms with Crippen molar-refractivity contribution in [3.05, 3.63) is 71.8 Å². The molecule has 13 heteroatoms. The molecule has 3 rings (SSSR count). The van der Waals surface area contributed by atoms with Crippen LogP contribution in [0.2, 0.25) is 0 Å². The molecule has 9 nitrogen and oxygen atoms in total. The summed E-state index contributed by atoms with van der Waals surface area (Å²) in [5, 5.41) is 10.0. The molecule has 0 unspecified atom stereocenters. The second kappa shape index (κ2) is 9.74. The fourth-order valence-electron chi connectivity index (χ4n) is 2.72. The Morgan fingerprint density at radius 2 is 1.18 bits per heavy atom. The minimum atomic E-state index is -5.28. The van der Waals surface area contributed by atoms with E-state index < -0.39 is 51.4 Å². The third-order valence-electron chi connectivity index (χ3n) is 4.42. The number of hydrogen-bond donors (Lipinski definition) is 1. The maximum absolute atomic E-state index is 13.1. The molecule has 0 heterocycles. The Kier molecular flexibility index (Phi) is 8.06. The summed E-state index contributed by atoms with van der Waals surface area (Å²) in [4.78, 5) is -2.66. The van der Waals surface area contributed by atoms with Crippen molar-refractivity contribution >= 4 is 30.1 Å². The molecule has 3 aromatic carbocycles. The number of aryl methyl sites for hydroxylation is 2. The molecule has 0 bridgehead atoms. The van der Waals surface area contributed by atoms with Crippen molar-refractivity contribution < 1.29 is 68.7 Å². The second-order valence-corrected chi connectivity index (χ2v) is 11.7. The SMILES string of the molecule is Cc1ccc(S(=O)(=O)Oc2cc(S(=O)(=O)[O-])c(O)cc2S(=O)(=O)c2ccc(C)cc2)cc1.[Na+]. The molecule has 0 saturated carbocycles. The van der Waals surface area contributed by atoms with Crippen LogP contribution in [0.25, 0.3) is 0 Å². The third kappa shape index (κ3) is 5.96. The van der Waals surface area contributed by atoms with Crippen molar-refractivity contribution in [1.82, 2.24) is 0 Å². The van der Waals surface area contributed by atoms with Gasteiger partial charge in [0.25, 0.3) is 0 Å². The number of phenolic OH excluding ortho intramolecular Hbond substituents is 1. The van der Waals surface area contributed by atoms with Crippen LogP contribution in [0.1, 0.15) is 11.1 Å². The van der Waals surface area contributed by atoms with E-state index in [4.69, 9.17) is 4.18 Å². The van der Waals surface area contributed by atoms with Crippen molar-refractivity contribution in [1.29, 1.82) is 0 Å². The maximum atomic E-state index is 13.1. The van der Waals surface area contributed by atoms with Gasteiger partial charge in [-0.05, 0) is 38.1 Å². The summed E-state index contributed by atoms with van der Waals surface area (Å²) in [6.45, 7) is 3.44. The van der Waals surface area contributed by atoms with Gasteiger partial charge < -0.3 is 13.8 Å². The van der Waals surface area contributed by atoms with E-state index in [9.17, 15) is 34.9 Å². The van der Waals surface area contributed by atoms with E-state index in [0.717, 1.165) is 11.1 Å². The third-order valence-corrected chi connectivity index (χ3v) is 8.33. The topological polar surface area (TPSA) is 155 Å². The first-order chi connectivity index (χ1) is 14.7. The van der Waals surface area contributed by atoms with Gasteiger partial charge in [-0.25, -0.2) is 16.8 Å². The van der Waals surface area contributed by atoms with Crippen LogP contribution in [0, 0.1) is 13.8 Å². The standard InChI is InChI=1S/C20H18O9S3.Na/c1-13-3-7-15(8-4-13)30(22,23)20-11-17(21)19(31(24,25)26)12-18(20)29-32(27,28)16-9-5-14(2)6-10-16;/h3-12,21H,1-2H3,(H,24,25,26);/q;+1/p-1. The molecule has 0 aliphatic rings. The first-order valence-corrected chi connectivity index (χ1v) is 13.2. The zero-order valence-corrected chi connectivity index (χ0v) is 22.2. The number of rotatable bonds is 6. The van der Waals surface area contributed by atoms with Crippen LogP contribution in [-0.4, -0.2) is 34.9 Å². The van der Waals surface area contributed by atoms with Gasteiger partial charge in [0.1, 0.15) is 25.7 Å². The quantitative estimate of drug-likeness (QED) is 0.258. The van der Waals surface area contributed by atoms with E-state index >= 15 is 0 Å². The zero-order chi connectivity index (χ0) is 23.9. The number of aromatic hydroxyl groups is 1. The van der Waals surface area contributed by atoms with Crippen molar-refractivity contribution in [2.45, 2.75) is 33.4 Å². The van der Waals surface area contributed by atoms with E-state index in [1.54, 1.807) is 13.8 Å². The zero-order valence-electron chi connectivity index (χ0n) is 17.7. The van der Waals surface area contributed by atoms with E-state index in [0.29, 0.717) is 12.1 Å². The minimum Gasteiger partial charge on any atom is -0.744 e. The van der Waals surface area contributed by atoms with Gasteiger partial charge in [0, 0.05) is 12.1 Å². The number of sulfone groups is 1. The molecule has 0 aliphatic heterocycles. The summed E-state index contributed by atoms with van der Waals surface area (Å²) in [7, 11) is -14.4. The van der Waals surface area contributed by atoms with Gasteiger partial charge in [-0.2, -0.15) is 8.42 Å². The molecule has 0 amide bonds. The minimum absolute atomic E-state index is 0. The summed E-state index contributed by atoms with van der Waals surface area (Å²) < 4.78 is 91.1. The average molecular weight is 521 g/mol. The van der Waals surface area contributed by atoms with Crippen LogP contribution in [0.15, 0.2) is 80.2 Å². The normalized spacial score (nSPS) is 12.1. The molecule has 0 fully saturated rings. The molecule has 33 heavy (non-hydrogen) atoms. The van der Waals surface area contributed by atoms with Crippen LogP contribution in [0.3, 0.4) is 0 Å². The summed E-state index contributed by atoms with van der Waals surface area (Å²) in [5.41, 5.74) is 1.49. The van der Waals surface area contributed by atoms with Crippen LogP contribution in [-0.2, 0) is 30.1 Å².